The van der Waals surface area contributed by atoms with Gasteiger partial charge in [0, 0.05) is 36.6 Å². The largest absolute Gasteiger partial charge is 0.385 e. The number of thiophene rings is 1. The van der Waals surface area contributed by atoms with E-state index < -0.39 is 10.0 Å². The minimum Gasteiger partial charge on any atom is -0.385 e. The zero-order valence-corrected chi connectivity index (χ0v) is 14.2. The number of ether oxygens (including phenoxy) is 1. The van der Waals surface area contributed by atoms with Crippen LogP contribution in [-0.2, 0) is 21.3 Å². The average Bonchev–Trinajstić information content (AvgIpc) is 2.77. The molecule has 0 saturated carbocycles. The first-order chi connectivity index (χ1) is 9.22. The summed E-state index contributed by atoms with van der Waals surface area (Å²) in [5.74, 6) is 0. The molecule has 1 aromatic heterocycles. The van der Waals surface area contributed by atoms with E-state index in [1.165, 1.54) is 11.3 Å². The molecule has 1 aromatic rings. The Morgan fingerprint density at radius 2 is 2.10 bits per heavy atom. The molecule has 0 aliphatic rings. The molecule has 0 atom stereocenters. The average molecular weight is 320 g/mol. The number of nitrogens with one attached hydrogen (secondary N) is 1. The summed E-state index contributed by atoms with van der Waals surface area (Å²) in [6, 6.07) is 1.66. The molecule has 5 nitrogen and oxygen atoms in total. The van der Waals surface area contributed by atoms with Crippen LogP contribution in [0.15, 0.2) is 11.0 Å². The molecule has 0 saturated heterocycles. The maximum atomic E-state index is 12.3. The first-order valence-corrected chi connectivity index (χ1v) is 8.80. The van der Waals surface area contributed by atoms with Crippen molar-refractivity contribution in [2.24, 2.45) is 11.1 Å². The molecule has 0 fully saturated rings. The van der Waals surface area contributed by atoms with Crippen molar-refractivity contribution in [1.29, 1.82) is 0 Å². The van der Waals surface area contributed by atoms with Gasteiger partial charge in [-0.25, -0.2) is 13.1 Å². The van der Waals surface area contributed by atoms with Gasteiger partial charge in [0.05, 0.1) is 4.90 Å². The molecule has 7 heteroatoms. The minimum absolute atomic E-state index is 0.149. The maximum absolute atomic E-state index is 12.3. The fourth-order valence-electron chi connectivity index (χ4n) is 1.73. The van der Waals surface area contributed by atoms with Gasteiger partial charge in [-0.3, -0.25) is 0 Å². The lowest BCUT2D eigenvalue weighted by atomic mass is 9.90. The van der Waals surface area contributed by atoms with Crippen molar-refractivity contribution in [2.45, 2.75) is 38.6 Å². The van der Waals surface area contributed by atoms with Crippen LogP contribution < -0.4 is 10.5 Å². The SMILES string of the molecule is COCCC(C)(C)CNS(=O)(=O)c1cc(CN)sc1C. The van der Waals surface area contributed by atoms with Crippen LogP contribution in [-0.4, -0.2) is 28.7 Å². The Morgan fingerprint density at radius 3 is 2.60 bits per heavy atom. The van der Waals surface area contributed by atoms with Crippen molar-refractivity contribution in [3.05, 3.63) is 15.8 Å². The molecule has 1 heterocycles. The molecule has 0 aliphatic heterocycles. The summed E-state index contributed by atoms with van der Waals surface area (Å²) in [5, 5.41) is 0. The summed E-state index contributed by atoms with van der Waals surface area (Å²) in [6.07, 6.45) is 0.794. The van der Waals surface area contributed by atoms with Crippen molar-refractivity contribution in [2.75, 3.05) is 20.3 Å². The summed E-state index contributed by atoms with van der Waals surface area (Å²) in [4.78, 5) is 1.99. The van der Waals surface area contributed by atoms with Gasteiger partial charge in [-0.1, -0.05) is 13.8 Å². The number of nitrogens with two attached hydrogens (primary N) is 1. The van der Waals surface area contributed by atoms with Crippen LogP contribution in [0.1, 0.15) is 30.0 Å². The monoisotopic (exact) mass is 320 g/mol. The van der Waals surface area contributed by atoms with Crippen LogP contribution in [0.2, 0.25) is 0 Å². The third-order valence-corrected chi connectivity index (χ3v) is 5.87. The van der Waals surface area contributed by atoms with E-state index in [2.05, 4.69) is 4.72 Å². The topological polar surface area (TPSA) is 81.4 Å². The van der Waals surface area contributed by atoms with Gasteiger partial charge < -0.3 is 10.5 Å². The molecule has 0 aliphatic carbocycles. The third kappa shape index (κ3) is 4.82. The molecule has 3 N–H and O–H groups in total. The Labute approximate surface area is 125 Å². The van der Waals surface area contributed by atoms with Crippen LogP contribution in [0.4, 0.5) is 0 Å². The van der Waals surface area contributed by atoms with Crippen molar-refractivity contribution in [3.8, 4) is 0 Å². The van der Waals surface area contributed by atoms with Crippen LogP contribution in [0.25, 0.3) is 0 Å². The van der Waals surface area contributed by atoms with Gasteiger partial charge >= 0.3 is 0 Å². The fourth-order valence-corrected chi connectivity index (χ4v) is 4.48. The Balaban J connectivity index is 2.77. The quantitative estimate of drug-likeness (QED) is 0.766. The molecule has 1 rings (SSSR count). The van der Waals surface area contributed by atoms with Crippen molar-refractivity contribution < 1.29 is 13.2 Å². The molecular weight excluding hydrogens is 296 g/mol. The summed E-state index contributed by atoms with van der Waals surface area (Å²) in [7, 11) is -1.83. The highest BCUT2D eigenvalue weighted by Crippen LogP contribution is 2.26. The van der Waals surface area contributed by atoms with E-state index in [4.69, 9.17) is 10.5 Å². The van der Waals surface area contributed by atoms with Gasteiger partial charge in [0.15, 0.2) is 0 Å². The van der Waals surface area contributed by atoms with E-state index in [1.54, 1.807) is 20.1 Å². The van der Waals surface area contributed by atoms with E-state index in [0.717, 1.165) is 16.2 Å². The highest BCUT2D eigenvalue weighted by Gasteiger charge is 2.24. The Morgan fingerprint density at radius 1 is 1.45 bits per heavy atom. The summed E-state index contributed by atoms with van der Waals surface area (Å²) in [6.45, 7) is 7.19. The van der Waals surface area contributed by atoms with Gasteiger partial charge in [-0.15, -0.1) is 11.3 Å². The van der Waals surface area contributed by atoms with Crippen LogP contribution in [0, 0.1) is 12.3 Å². The van der Waals surface area contributed by atoms with Gasteiger partial charge in [0.1, 0.15) is 0 Å². The predicted octanol–water partition coefficient (Wildman–Crippen LogP) is 1.86. The smallest absolute Gasteiger partial charge is 0.241 e. The lowest BCUT2D eigenvalue weighted by Gasteiger charge is -2.24. The molecule has 0 unspecified atom stereocenters. The Bertz CT molecular complexity index is 536. The normalized spacial score (nSPS) is 12.8. The molecule has 0 aromatic carbocycles. The van der Waals surface area contributed by atoms with E-state index in [1.807, 2.05) is 13.8 Å². The third-order valence-electron chi connectivity index (χ3n) is 3.14. The number of sulfonamides is 1. The summed E-state index contributed by atoms with van der Waals surface area (Å²) >= 11 is 1.42. The molecule has 20 heavy (non-hydrogen) atoms. The fraction of sp³-hybridized carbons (Fsp3) is 0.692. The molecule has 0 spiro atoms. The second kappa shape index (κ2) is 7.00. The van der Waals surface area contributed by atoms with E-state index >= 15 is 0 Å². The number of hydrogen-bond acceptors (Lipinski definition) is 5. The van der Waals surface area contributed by atoms with Crippen LogP contribution in [0.5, 0.6) is 0 Å². The summed E-state index contributed by atoms with van der Waals surface area (Å²) in [5.41, 5.74) is 5.41. The standard InChI is InChI=1S/C13H24N2O3S2/c1-10-12(7-11(8-14)19-10)20(16,17)15-9-13(2,3)5-6-18-4/h7,15H,5-6,8-9,14H2,1-4H3. The molecule has 0 bridgehead atoms. The first kappa shape index (κ1) is 17.6. The number of methoxy groups -OCH3 is 1. The molecule has 0 radical (unpaired) electrons. The van der Waals surface area contributed by atoms with Gasteiger partial charge in [0.25, 0.3) is 0 Å². The van der Waals surface area contributed by atoms with Crippen molar-refractivity contribution in [3.63, 3.8) is 0 Å². The lowest BCUT2D eigenvalue weighted by molar-refractivity contribution is 0.153. The van der Waals surface area contributed by atoms with Gasteiger partial charge in [-0.2, -0.15) is 0 Å². The lowest BCUT2D eigenvalue weighted by Crippen LogP contribution is -2.34. The van der Waals surface area contributed by atoms with Gasteiger partial charge in [-0.05, 0) is 24.8 Å². The Hall–Kier alpha value is -0.470. The van der Waals surface area contributed by atoms with Crippen LogP contribution in [0.3, 0.4) is 0 Å². The minimum atomic E-state index is -3.47. The van der Waals surface area contributed by atoms with Crippen LogP contribution >= 0.6 is 11.3 Å². The van der Waals surface area contributed by atoms with E-state index in [9.17, 15) is 8.42 Å². The highest BCUT2D eigenvalue weighted by atomic mass is 32.2. The highest BCUT2D eigenvalue weighted by molar-refractivity contribution is 7.89. The number of hydrogen-bond donors (Lipinski definition) is 2. The number of rotatable bonds is 8. The van der Waals surface area contributed by atoms with E-state index in [0.29, 0.717) is 24.6 Å². The zero-order valence-electron chi connectivity index (χ0n) is 12.5. The zero-order chi connectivity index (χ0) is 15.4. The van der Waals surface area contributed by atoms with Gasteiger partial charge in [0.2, 0.25) is 10.0 Å². The maximum Gasteiger partial charge on any atom is 0.241 e. The van der Waals surface area contributed by atoms with E-state index in [-0.39, 0.29) is 5.41 Å². The predicted molar refractivity (Wildman–Crippen MR) is 82.4 cm³/mol. The molecule has 0 amide bonds. The first-order valence-electron chi connectivity index (χ1n) is 6.50. The second-order valence-corrected chi connectivity index (χ2v) is 8.65. The molecule has 116 valence electrons. The second-order valence-electron chi connectivity index (χ2n) is 5.57. The Kier molecular flexibility index (Phi) is 6.15. The summed E-state index contributed by atoms with van der Waals surface area (Å²) < 4.78 is 32.4. The van der Waals surface area contributed by atoms with Crippen molar-refractivity contribution >= 4 is 21.4 Å². The molecular formula is C13H24N2O3S2. The van der Waals surface area contributed by atoms with Crippen molar-refractivity contribution in [1.82, 2.24) is 4.72 Å². The number of aryl methyl sites for hydroxylation is 1.